The number of urea groups is 1. The number of non-ortho nitro benzene ring substituents is 1. The highest BCUT2D eigenvalue weighted by Gasteiger charge is 2.55. The molecule has 0 radical (unpaired) electrons. The number of aliphatic hydroxyl groups excluding tert-OH is 1. The third kappa shape index (κ3) is 6.24. The zero-order chi connectivity index (χ0) is 34.2. The minimum absolute atomic E-state index is 0.0320. The molecule has 15 heteroatoms. The maximum Gasteiger partial charge on any atom is 0.318 e. The van der Waals surface area contributed by atoms with E-state index in [1.165, 1.54) is 24.3 Å². The molecular weight excluding hydrogens is 706 g/mol. The van der Waals surface area contributed by atoms with E-state index >= 15 is 0 Å². The van der Waals surface area contributed by atoms with Crippen molar-refractivity contribution in [2.45, 2.75) is 62.3 Å². The van der Waals surface area contributed by atoms with Crippen molar-refractivity contribution < 1.29 is 32.7 Å². The average molecular weight is 741 g/mol. The van der Waals surface area contributed by atoms with Crippen LogP contribution in [-0.2, 0) is 28.6 Å². The molecule has 2 heterocycles. The van der Waals surface area contributed by atoms with E-state index in [-0.39, 0.29) is 42.8 Å². The van der Waals surface area contributed by atoms with Gasteiger partial charge in [-0.25, -0.2) is 4.79 Å². The summed E-state index contributed by atoms with van der Waals surface area (Å²) >= 11 is 3.67. The van der Waals surface area contributed by atoms with E-state index in [4.69, 9.17) is 9.47 Å². The number of benzene rings is 3. The summed E-state index contributed by atoms with van der Waals surface area (Å²) in [6, 6.07) is 13.5. The highest BCUT2D eigenvalue weighted by Crippen LogP contribution is 2.57. The molecule has 0 aromatic heterocycles. The number of allylic oxidation sites excluding steroid dienone is 1. The van der Waals surface area contributed by atoms with Gasteiger partial charge in [0.25, 0.3) is 15.7 Å². The second-order valence-electron chi connectivity index (χ2n) is 12.0. The maximum absolute atomic E-state index is 13.3. The normalized spacial score (nSPS) is 21.9. The Morgan fingerprint density at radius 1 is 1.25 bits per heavy atom. The van der Waals surface area contributed by atoms with E-state index in [0.717, 1.165) is 16.7 Å². The molecule has 2 amide bonds. The van der Waals surface area contributed by atoms with Gasteiger partial charge in [-0.3, -0.25) is 10.1 Å². The molecule has 3 aromatic carbocycles. The predicted octanol–water partition coefficient (Wildman–Crippen LogP) is 4.83. The second-order valence-corrected chi connectivity index (χ2v) is 14.4. The number of nitrogens with zero attached hydrogens (tertiary/aromatic N) is 3. The number of carbonyl (C=O) groups excluding carboxylic acids is 1. The lowest BCUT2D eigenvalue weighted by molar-refractivity contribution is -0.384. The number of ether oxygens (including phenoxy) is 2. The van der Waals surface area contributed by atoms with Crippen LogP contribution in [0.3, 0.4) is 0 Å². The van der Waals surface area contributed by atoms with Gasteiger partial charge in [-0.15, -0.1) is 0 Å². The molecule has 0 fully saturated rings. The number of aryl methyl sites for hydroxylation is 1. The van der Waals surface area contributed by atoms with E-state index in [1.807, 2.05) is 26.0 Å². The first-order valence-corrected chi connectivity index (χ1v) is 17.6. The fourth-order valence-corrected chi connectivity index (χ4v) is 7.86. The smallest absolute Gasteiger partial charge is 0.318 e. The minimum Gasteiger partial charge on any atom is -0.488 e. The number of nitrogens with one attached hydrogen (secondary N) is 2. The molecule has 252 valence electrons. The van der Waals surface area contributed by atoms with Crippen molar-refractivity contribution >= 4 is 43.4 Å². The van der Waals surface area contributed by atoms with Crippen LogP contribution in [0, 0.1) is 17.0 Å². The molecule has 1 aliphatic carbocycles. The van der Waals surface area contributed by atoms with Crippen LogP contribution in [0.4, 0.5) is 10.5 Å². The number of sulfonamides is 1. The fraction of sp³-hybridized carbons (Fsp3) is 0.333. The number of hydrogen-bond donors (Lipinski definition) is 3. The third-order valence-electron chi connectivity index (χ3n) is 8.85. The summed E-state index contributed by atoms with van der Waals surface area (Å²) in [4.78, 5) is 28.1. The van der Waals surface area contributed by atoms with Crippen molar-refractivity contribution in [1.82, 2.24) is 15.0 Å². The van der Waals surface area contributed by atoms with Gasteiger partial charge in [-0.05, 0) is 71.6 Å². The molecule has 0 saturated heterocycles. The first-order valence-electron chi connectivity index (χ1n) is 15.3. The quantitative estimate of drug-likeness (QED) is 0.207. The van der Waals surface area contributed by atoms with Crippen molar-refractivity contribution in [3.63, 3.8) is 0 Å². The van der Waals surface area contributed by atoms with Gasteiger partial charge in [-0.1, -0.05) is 35.9 Å². The molecule has 1 unspecified atom stereocenters. The Bertz CT molecular complexity index is 1930. The van der Waals surface area contributed by atoms with Crippen LogP contribution < -0.4 is 19.6 Å². The molecule has 3 aromatic rings. The Morgan fingerprint density at radius 3 is 2.73 bits per heavy atom. The van der Waals surface area contributed by atoms with Crippen molar-refractivity contribution in [2.75, 3.05) is 13.2 Å². The molecule has 0 bridgehead atoms. The number of amides is 2. The van der Waals surface area contributed by atoms with E-state index < -0.39 is 32.5 Å². The minimum atomic E-state index is -3.92. The first-order chi connectivity index (χ1) is 23.0. The molecule has 3 atom stereocenters. The monoisotopic (exact) mass is 739 g/mol. The number of hydrogen-bond acceptors (Lipinski definition) is 9. The fourth-order valence-electron chi connectivity index (χ4n) is 6.50. The highest BCUT2D eigenvalue weighted by molar-refractivity contribution is 9.10. The van der Waals surface area contributed by atoms with Gasteiger partial charge >= 0.3 is 6.03 Å². The summed E-state index contributed by atoms with van der Waals surface area (Å²) in [7, 11) is -3.92. The molecule has 13 nitrogen and oxygen atoms in total. The van der Waals surface area contributed by atoms with Crippen LogP contribution in [0.2, 0.25) is 0 Å². The summed E-state index contributed by atoms with van der Waals surface area (Å²) in [5.41, 5.74) is 2.71. The van der Waals surface area contributed by atoms with Gasteiger partial charge in [0.1, 0.15) is 28.7 Å². The van der Waals surface area contributed by atoms with Crippen LogP contribution in [0.5, 0.6) is 11.5 Å². The summed E-state index contributed by atoms with van der Waals surface area (Å²) in [6.07, 6.45) is 3.70. The van der Waals surface area contributed by atoms with Crippen molar-refractivity contribution in [3.05, 3.63) is 104 Å². The molecule has 48 heavy (non-hydrogen) atoms. The number of carbonyl (C=O) groups is 1. The van der Waals surface area contributed by atoms with Crippen LogP contribution in [0.1, 0.15) is 42.0 Å². The van der Waals surface area contributed by atoms with Gasteiger partial charge in [-0.2, -0.15) is 18.4 Å². The predicted molar refractivity (Wildman–Crippen MR) is 180 cm³/mol. The Kier molecular flexibility index (Phi) is 9.20. The average Bonchev–Trinajstić information content (AvgIpc) is 3.33. The van der Waals surface area contributed by atoms with Gasteiger partial charge in [0.05, 0.1) is 33.6 Å². The SMILES string of the molecule is CCNC(=O)N1Cc2cc(OCc3cccc([N+](=O)[O-])c3)c(Br)c3c2C2(C=C/C(=N/NS(=O)(=O)c4ccc(C)cc4)C[C@H]2O3)C[C@H]1CO. The highest BCUT2D eigenvalue weighted by atomic mass is 79.9. The van der Waals surface area contributed by atoms with Gasteiger partial charge in [0.2, 0.25) is 0 Å². The summed E-state index contributed by atoms with van der Waals surface area (Å²) < 4.78 is 39.2. The summed E-state index contributed by atoms with van der Waals surface area (Å²) in [5.74, 6) is 0.915. The number of halogens is 1. The third-order valence-corrected chi connectivity index (χ3v) is 10.8. The zero-order valence-corrected chi connectivity index (χ0v) is 28.6. The van der Waals surface area contributed by atoms with Crippen molar-refractivity contribution in [1.29, 1.82) is 0 Å². The lowest BCUT2D eigenvalue weighted by Crippen LogP contribution is -2.50. The zero-order valence-electron chi connectivity index (χ0n) is 26.2. The topological polar surface area (TPSA) is 173 Å². The molecule has 0 saturated carbocycles. The van der Waals surface area contributed by atoms with E-state index in [1.54, 1.807) is 35.2 Å². The van der Waals surface area contributed by atoms with Gasteiger partial charge in [0, 0.05) is 37.2 Å². The van der Waals surface area contributed by atoms with E-state index in [9.17, 15) is 28.4 Å². The maximum atomic E-state index is 13.3. The van der Waals surface area contributed by atoms with E-state index in [0.29, 0.717) is 40.2 Å². The van der Waals surface area contributed by atoms with Gasteiger partial charge < -0.3 is 24.8 Å². The van der Waals surface area contributed by atoms with Crippen LogP contribution >= 0.6 is 15.9 Å². The Hall–Kier alpha value is -4.47. The van der Waals surface area contributed by atoms with E-state index in [2.05, 4.69) is 31.2 Å². The number of nitro groups is 1. The van der Waals surface area contributed by atoms with Gasteiger partial charge in [0.15, 0.2) is 0 Å². The van der Waals surface area contributed by atoms with Crippen LogP contribution in [0.25, 0.3) is 0 Å². The lowest BCUT2D eigenvalue weighted by atomic mass is 9.68. The number of hydrazone groups is 1. The standard InChI is InChI=1S/C33H34BrN5O8S/c1-3-35-32(41)38-17-22-14-27(46-19-21-5-4-6-24(13-21)39(42)43)30(34)31-29(22)33(16-25(38)18-40)12-11-23(15-28(33)47-31)36-37-48(44,45)26-9-7-20(2)8-10-26/h4-14,25,28,37,40H,3,15-19H2,1-2H3,(H,35,41)/b36-23-/t25-,28+,33?/m0/s1. The molecule has 1 spiro atoms. The molecular formula is C33H34BrN5O8S. The Morgan fingerprint density at radius 2 is 2.02 bits per heavy atom. The number of nitro benzene ring substituents is 1. The van der Waals surface area contributed by atoms with Crippen molar-refractivity contribution in [3.8, 4) is 11.5 Å². The largest absolute Gasteiger partial charge is 0.488 e. The summed E-state index contributed by atoms with van der Waals surface area (Å²) in [5, 5.41) is 28.9. The Labute approximate surface area is 286 Å². The van der Waals surface area contributed by atoms with Crippen molar-refractivity contribution in [2.24, 2.45) is 5.10 Å². The molecule has 6 rings (SSSR count). The second kappa shape index (κ2) is 13.2. The molecule has 3 aliphatic rings. The Balaban J connectivity index is 1.37. The molecule has 3 N–H and O–H groups in total. The van der Waals surface area contributed by atoms with Crippen LogP contribution in [0.15, 0.2) is 81.2 Å². The van der Waals surface area contributed by atoms with Crippen LogP contribution in [-0.4, -0.2) is 60.4 Å². The molecule has 2 aliphatic heterocycles. The first kappa shape index (κ1) is 33.4. The lowest BCUT2D eigenvalue weighted by Gasteiger charge is -2.37. The number of rotatable bonds is 9. The number of aliphatic hydroxyl groups is 1. The summed E-state index contributed by atoms with van der Waals surface area (Å²) in [6.45, 7) is 3.98.